The van der Waals surface area contributed by atoms with E-state index in [1.807, 2.05) is 19.1 Å². The van der Waals surface area contributed by atoms with Gasteiger partial charge in [0.2, 0.25) is 5.76 Å². The first kappa shape index (κ1) is 14.9. The van der Waals surface area contributed by atoms with E-state index in [-0.39, 0.29) is 11.8 Å². The lowest BCUT2D eigenvalue weighted by atomic mass is 10.2. The highest BCUT2D eigenvalue weighted by Crippen LogP contribution is 2.29. The lowest BCUT2D eigenvalue weighted by Crippen LogP contribution is -2.06. The van der Waals surface area contributed by atoms with Crippen LogP contribution in [0.1, 0.15) is 29.3 Å². The van der Waals surface area contributed by atoms with Gasteiger partial charge in [-0.3, -0.25) is 0 Å². The van der Waals surface area contributed by atoms with E-state index in [1.54, 1.807) is 18.2 Å². The van der Waals surface area contributed by atoms with Crippen LogP contribution in [0.25, 0.3) is 0 Å². The summed E-state index contributed by atoms with van der Waals surface area (Å²) in [5.41, 5.74) is 0.790. The number of halogens is 2. The molecule has 0 aliphatic heterocycles. The van der Waals surface area contributed by atoms with Crippen LogP contribution in [0.4, 0.5) is 5.69 Å². The van der Waals surface area contributed by atoms with Crippen molar-refractivity contribution in [2.75, 3.05) is 12.4 Å². The molecule has 0 spiro atoms. The Kier molecular flexibility index (Phi) is 4.73. The fourth-order valence-electron chi connectivity index (χ4n) is 1.71. The minimum absolute atomic E-state index is 0.132. The first-order valence-electron chi connectivity index (χ1n) is 5.91. The number of carbonyl (C=O) groups excluding carboxylic acids is 1. The van der Waals surface area contributed by atoms with Gasteiger partial charge >= 0.3 is 5.97 Å². The molecule has 2 rings (SSSR count). The van der Waals surface area contributed by atoms with Gasteiger partial charge in [0.05, 0.1) is 23.9 Å². The largest absolute Gasteiger partial charge is 0.463 e. The summed E-state index contributed by atoms with van der Waals surface area (Å²) >= 11 is 9.49. The van der Waals surface area contributed by atoms with E-state index >= 15 is 0 Å². The molecule has 0 amide bonds. The van der Waals surface area contributed by atoms with Crippen LogP contribution < -0.4 is 5.32 Å². The van der Waals surface area contributed by atoms with Gasteiger partial charge in [-0.25, -0.2) is 4.79 Å². The fraction of sp³-hybridized carbons (Fsp3) is 0.214. The maximum atomic E-state index is 11.3. The van der Waals surface area contributed by atoms with E-state index in [1.165, 1.54) is 7.11 Å². The predicted molar refractivity (Wildman–Crippen MR) is 81.2 cm³/mol. The average molecular weight is 359 g/mol. The number of anilines is 1. The molecule has 0 saturated carbocycles. The van der Waals surface area contributed by atoms with Crippen molar-refractivity contribution in [2.24, 2.45) is 0 Å². The molecule has 1 atom stereocenters. The quantitative estimate of drug-likeness (QED) is 0.808. The zero-order valence-electron chi connectivity index (χ0n) is 10.9. The Labute approximate surface area is 130 Å². The first-order valence-corrected chi connectivity index (χ1v) is 7.08. The fourth-order valence-corrected chi connectivity index (χ4v) is 2.43. The molecular weight excluding hydrogens is 346 g/mol. The Bertz CT molecular complexity index is 627. The average Bonchev–Trinajstić information content (AvgIpc) is 2.90. The number of esters is 1. The lowest BCUT2D eigenvalue weighted by Gasteiger charge is -2.14. The van der Waals surface area contributed by atoms with Gasteiger partial charge in [0.1, 0.15) is 5.76 Å². The first-order chi connectivity index (χ1) is 9.51. The molecule has 106 valence electrons. The molecule has 2 aromatic rings. The molecule has 0 saturated heterocycles. The molecule has 1 aromatic heterocycles. The van der Waals surface area contributed by atoms with Crippen molar-refractivity contribution < 1.29 is 13.9 Å². The van der Waals surface area contributed by atoms with Crippen LogP contribution in [0, 0.1) is 0 Å². The van der Waals surface area contributed by atoms with Crippen molar-refractivity contribution in [1.29, 1.82) is 0 Å². The molecular formula is C14H13BrClNO3. The van der Waals surface area contributed by atoms with Gasteiger partial charge in [-0.2, -0.15) is 0 Å². The van der Waals surface area contributed by atoms with Gasteiger partial charge < -0.3 is 14.5 Å². The minimum Gasteiger partial charge on any atom is -0.463 e. The second-order valence-corrected chi connectivity index (χ2v) is 5.51. The van der Waals surface area contributed by atoms with Gasteiger partial charge in [0.15, 0.2) is 0 Å². The van der Waals surface area contributed by atoms with Gasteiger partial charge in [0.25, 0.3) is 0 Å². The molecule has 0 bridgehead atoms. The normalized spacial score (nSPS) is 12.0. The minimum atomic E-state index is -0.495. The van der Waals surface area contributed by atoms with E-state index in [0.717, 1.165) is 10.2 Å². The van der Waals surface area contributed by atoms with Crippen LogP contribution in [0.15, 0.2) is 39.2 Å². The van der Waals surface area contributed by atoms with Crippen LogP contribution in [0.5, 0.6) is 0 Å². The third kappa shape index (κ3) is 3.35. The summed E-state index contributed by atoms with van der Waals surface area (Å²) in [6.45, 7) is 1.91. The smallest absolute Gasteiger partial charge is 0.373 e. The third-order valence-corrected chi connectivity index (χ3v) is 3.55. The van der Waals surface area contributed by atoms with E-state index < -0.39 is 5.97 Å². The molecule has 0 fully saturated rings. The Balaban J connectivity index is 2.13. The number of nitrogens with one attached hydrogen (secondary N) is 1. The second-order valence-electron chi connectivity index (χ2n) is 4.18. The highest BCUT2D eigenvalue weighted by Gasteiger charge is 2.16. The van der Waals surface area contributed by atoms with Crippen LogP contribution in [-0.4, -0.2) is 13.1 Å². The van der Waals surface area contributed by atoms with Crippen molar-refractivity contribution in [1.82, 2.24) is 0 Å². The second kappa shape index (κ2) is 6.33. The number of hydrogen-bond donors (Lipinski definition) is 1. The molecule has 0 radical (unpaired) electrons. The van der Waals surface area contributed by atoms with Gasteiger partial charge in [0, 0.05) is 4.47 Å². The maximum absolute atomic E-state index is 11.3. The summed E-state index contributed by atoms with van der Waals surface area (Å²) in [4.78, 5) is 11.3. The molecule has 1 heterocycles. The number of carbonyl (C=O) groups is 1. The number of hydrogen-bond acceptors (Lipinski definition) is 4. The number of rotatable bonds is 4. The van der Waals surface area contributed by atoms with Crippen molar-refractivity contribution in [2.45, 2.75) is 13.0 Å². The SMILES string of the molecule is COC(=O)c1ccc(C(C)Nc2ccc(Br)cc2Cl)o1. The van der Waals surface area contributed by atoms with E-state index in [2.05, 4.69) is 26.0 Å². The highest BCUT2D eigenvalue weighted by atomic mass is 79.9. The van der Waals surface area contributed by atoms with E-state index in [4.69, 9.17) is 16.0 Å². The van der Waals surface area contributed by atoms with Crippen molar-refractivity contribution in [3.8, 4) is 0 Å². The molecule has 1 N–H and O–H groups in total. The Morgan fingerprint density at radius 3 is 2.80 bits per heavy atom. The summed E-state index contributed by atoms with van der Waals surface area (Å²) in [7, 11) is 1.31. The van der Waals surface area contributed by atoms with Crippen molar-refractivity contribution in [3.05, 3.63) is 51.3 Å². The summed E-state index contributed by atoms with van der Waals surface area (Å²) < 4.78 is 11.0. The van der Waals surface area contributed by atoms with Crippen LogP contribution in [-0.2, 0) is 4.74 Å². The molecule has 1 unspecified atom stereocenters. The number of benzene rings is 1. The molecule has 0 aliphatic rings. The molecule has 6 heteroatoms. The molecule has 4 nitrogen and oxygen atoms in total. The Morgan fingerprint density at radius 1 is 1.40 bits per heavy atom. The third-order valence-electron chi connectivity index (χ3n) is 2.74. The zero-order chi connectivity index (χ0) is 14.7. The molecule has 0 aliphatic carbocycles. The van der Waals surface area contributed by atoms with E-state index in [9.17, 15) is 4.79 Å². The van der Waals surface area contributed by atoms with Crippen molar-refractivity contribution in [3.63, 3.8) is 0 Å². The lowest BCUT2D eigenvalue weighted by molar-refractivity contribution is 0.0562. The summed E-state index contributed by atoms with van der Waals surface area (Å²) in [6.07, 6.45) is 0. The standard InChI is InChI=1S/C14H13BrClNO3/c1-8(12-5-6-13(20-12)14(18)19-2)17-11-4-3-9(15)7-10(11)16/h3-8,17H,1-2H3. The number of furan rings is 1. The Morgan fingerprint density at radius 2 is 2.15 bits per heavy atom. The number of ether oxygens (including phenoxy) is 1. The topological polar surface area (TPSA) is 51.5 Å². The van der Waals surface area contributed by atoms with Crippen molar-refractivity contribution >= 4 is 39.2 Å². The van der Waals surface area contributed by atoms with E-state index in [0.29, 0.717) is 10.8 Å². The highest BCUT2D eigenvalue weighted by molar-refractivity contribution is 9.10. The molecule has 1 aromatic carbocycles. The van der Waals surface area contributed by atoms with Crippen LogP contribution in [0.2, 0.25) is 5.02 Å². The van der Waals surface area contributed by atoms with Crippen LogP contribution in [0.3, 0.4) is 0 Å². The predicted octanol–water partition coefficient (Wildman–Crippen LogP) is 4.66. The number of methoxy groups -OCH3 is 1. The molecule has 20 heavy (non-hydrogen) atoms. The zero-order valence-corrected chi connectivity index (χ0v) is 13.3. The van der Waals surface area contributed by atoms with Gasteiger partial charge in [-0.05, 0) is 37.3 Å². The summed E-state index contributed by atoms with van der Waals surface area (Å²) in [6, 6.07) is 8.75. The summed E-state index contributed by atoms with van der Waals surface area (Å²) in [5, 5.41) is 3.83. The summed E-state index contributed by atoms with van der Waals surface area (Å²) in [5.74, 6) is 0.313. The van der Waals surface area contributed by atoms with Gasteiger partial charge in [-0.15, -0.1) is 0 Å². The maximum Gasteiger partial charge on any atom is 0.373 e. The monoisotopic (exact) mass is 357 g/mol. The van der Waals surface area contributed by atoms with Gasteiger partial charge in [-0.1, -0.05) is 27.5 Å². The van der Waals surface area contributed by atoms with Crippen LogP contribution >= 0.6 is 27.5 Å². The Hall–Kier alpha value is -1.46.